The molecule has 1 atom stereocenters. The number of hydrogen-bond donors (Lipinski definition) is 1. The fourth-order valence-corrected chi connectivity index (χ4v) is 3.17. The van der Waals surface area contributed by atoms with Gasteiger partial charge in [0.05, 0.1) is 6.04 Å². The zero-order valence-electron chi connectivity index (χ0n) is 16.8. The average Bonchev–Trinajstić information content (AvgIpc) is 2.75. The number of nitrogens with zero attached hydrogens (tertiary/aromatic N) is 2. The number of carbonyl (C=O) groups excluding carboxylic acids is 4. The van der Waals surface area contributed by atoms with Gasteiger partial charge in [0.15, 0.2) is 0 Å². The van der Waals surface area contributed by atoms with Gasteiger partial charge in [-0.3, -0.25) is 19.3 Å². The molecule has 1 fully saturated rings. The molecule has 7 heteroatoms. The number of urea groups is 1. The van der Waals surface area contributed by atoms with Crippen LogP contribution < -0.4 is 5.32 Å². The van der Waals surface area contributed by atoms with E-state index in [2.05, 4.69) is 11.4 Å². The van der Waals surface area contributed by atoms with Crippen molar-refractivity contribution in [3.05, 3.63) is 34.4 Å². The van der Waals surface area contributed by atoms with Crippen LogP contribution in [0.4, 0.5) is 4.79 Å². The number of rotatable bonds is 6. The minimum atomic E-state index is -0.953. The second kappa shape index (κ2) is 7.90. The first kappa shape index (κ1) is 20.6. The first-order valence-electron chi connectivity index (χ1n) is 9.07. The monoisotopic (exact) mass is 373 g/mol. The van der Waals surface area contributed by atoms with Crippen LogP contribution in [0.15, 0.2) is 12.1 Å². The van der Waals surface area contributed by atoms with Crippen LogP contribution >= 0.6 is 0 Å². The number of carbonyl (C=O) groups is 4. The number of amides is 5. The Kier molecular flexibility index (Phi) is 6.03. The van der Waals surface area contributed by atoms with Crippen LogP contribution in [0.5, 0.6) is 0 Å². The van der Waals surface area contributed by atoms with E-state index in [1.165, 1.54) is 5.56 Å². The standard InChI is InChI=1S/C20H27N3O4/c1-11(2)9-22-18(25)19(26)23(20(22)27)10-17(24)21-15(6)16-8-13(4)12(3)7-14(16)5/h7-8,11,15H,9-10H2,1-6H3,(H,21,24)/t15-/m0/s1. The Hall–Kier alpha value is -2.70. The highest BCUT2D eigenvalue weighted by molar-refractivity contribution is 6.45. The lowest BCUT2D eigenvalue weighted by atomic mass is 9.96. The molecule has 1 aromatic rings. The van der Waals surface area contributed by atoms with Gasteiger partial charge in [0.25, 0.3) is 0 Å². The predicted octanol–water partition coefficient (Wildman–Crippen LogP) is 2.24. The second-order valence-corrected chi connectivity index (χ2v) is 7.57. The summed E-state index contributed by atoms with van der Waals surface area (Å²) in [5.41, 5.74) is 4.32. The third-order valence-electron chi connectivity index (χ3n) is 4.71. The van der Waals surface area contributed by atoms with Crippen molar-refractivity contribution < 1.29 is 19.2 Å². The summed E-state index contributed by atoms with van der Waals surface area (Å²) in [6.45, 7) is 11.2. The Balaban J connectivity index is 2.07. The Labute approximate surface area is 159 Å². The molecule has 0 bridgehead atoms. The van der Waals surface area contributed by atoms with Crippen LogP contribution in [0.25, 0.3) is 0 Å². The van der Waals surface area contributed by atoms with Crippen molar-refractivity contribution in [2.24, 2.45) is 5.92 Å². The van der Waals surface area contributed by atoms with Crippen LogP contribution in [0.3, 0.4) is 0 Å². The third kappa shape index (κ3) is 4.35. The van der Waals surface area contributed by atoms with Crippen molar-refractivity contribution in [2.75, 3.05) is 13.1 Å². The molecule has 1 aliphatic heterocycles. The van der Waals surface area contributed by atoms with Crippen molar-refractivity contribution in [1.29, 1.82) is 0 Å². The van der Waals surface area contributed by atoms with Gasteiger partial charge < -0.3 is 5.32 Å². The Morgan fingerprint density at radius 2 is 1.48 bits per heavy atom. The van der Waals surface area contributed by atoms with Crippen LogP contribution in [-0.4, -0.2) is 46.6 Å². The molecule has 0 saturated carbocycles. The molecule has 1 aromatic carbocycles. The van der Waals surface area contributed by atoms with Gasteiger partial charge in [-0.25, -0.2) is 9.69 Å². The van der Waals surface area contributed by atoms with Gasteiger partial charge in [0, 0.05) is 6.54 Å². The quantitative estimate of drug-likeness (QED) is 0.612. The van der Waals surface area contributed by atoms with Gasteiger partial charge in [0.1, 0.15) is 6.54 Å². The lowest BCUT2D eigenvalue weighted by molar-refractivity contribution is -0.144. The topological polar surface area (TPSA) is 86.8 Å². The van der Waals surface area contributed by atoms with Crippen LogP contribution in [0.1, 0.15) is 49.1 Å². The maximum absolute atomic E-state index is 12.4. The van der Waals surface area contributed by atoms with E-state index in [1.807, 2.05) is 47.6 Å². The highest BCUT2D eigenvalue weighted by Gasteiger charge is 2.45. The predicted molar refractivity (Wildman–Crippen MR) is 101 cm³/mol. The number of nitrogens with one attached hydrogen (secondary N) is 1. The van der Waals surface area contributed by atoms with Gasteiger partial charge >= 0.3 is 17.8 Å². The van der Waals surface area contributed by atoms with E-state index < -0.39 is 30.3 Å². The number of imide groups is 2. The maximum Gasteiger partial charge on any atom is 0.334 e. The molecule has 0 aromatic heterocycles. The van der Waals surface area contributed by atoms with E-state index in [9.17, 15) is 19.2 Å². The molecule has 27 heavy (non-hydrogen) atoms. The van der Waals surface area contributed by atoms with Gasteiger partial charge in [-0.05, 0) is 55.9 Å². The van der Waals surface area contributed by atoms with Crippen LogP contribution in [-0.2, 0) is 14.4 Å². The maximum atomic E-state index is 12.4. The zero-order chi connectivity index (χ0) is 20.5. The smallest absolute Gasteiger partial charge is 0.334 e. The molecule has 0 radical (unpaired) electrons. The van der Waals surface area contributed by atoms with E-state index in [0.29, 0.717) is 4.90 Å². The second-order valence-electron chi connectivity index (χ2n) is 7.57. The van der Waals surface area contributed by atoms with Crippen molar-refractivity contribution in [2.45, 2.75) is 47.6 Å². The third-order valence-corrected chi connectivity index (χ3v) is 4.71. The molecule has 1 aliphatic rings. The molecule has 2 rings (SSSR count). The highest BCUT2D eigenvalue weighted by Crippen LogP contribution is 2.22. The summed E-state index contributed by atoms with van der Waals surface area (Å²) in [5.74, 6) is -2.28. The Morgan fingerprint density at radius 3 is 2.07 bits per heavy atom. The summed E-state index contributed by atoms with van der Waals surface area (Å²) in [6, 6.07) is 3.06. The molecule has 1 heterocycles. The number of aryl methyl sites for hydroxylation is 3. The lowest BCUT2D eigenvalue weighted by Crippen LogP contribution is -2.42. The Morgan fingerprint density at radius 1 is 0.926 bits per heavy atom. The summed E-state index contributed by atoms with van der Waals surface area (Å²) in [4.78, 5) is 50.4. The molecular formula is C20H27N3O4. The van der Waals surface area contributed by atoms with Crippen molar-refractivity contribution >= 4 is 23.8 Å². The van der Waals surface area contributed by atoms with Crippen LogP contribution in [0, 0.1) is 26.7 Å². The van der Waals surface area contributed by atoms with Gasteiger partial charge in [-0.1, -0.05) is 26.0 Å². The first-order chi connectivity index (χ1) is 12.5. The van der Waals surface area contributed by atoms with Crippen molar-refractivity contribution in [3.8, 4) is 0 Å². The molecule has 5 amide bonds. The summed E-state index contributed by atoms with van der Waals surface area (Å²) < 4.78 is 0. The molecule has 0 aliphatic carbocycles. The highest BCUT2D eigenvalue weighted by atomic mass is 16.2. The molecule has 7 nitrogen and oxygen atoms in total. The molecule has 146 valence electrons. The summed E-state index contributed by atoms with van der Waals surface area (Å²) in [6.07, 6.45) is 0. The first-order valence-corrected chi connectivity index (χ1v) is 9.07. The SMILES string of the molecule is Cc1cc(C)c([C@H](C)NC(=O)CN2C(=O)C(=O)N(CC(C)C)C2=O)cc1C. The van der Waals surface area contributed by atoms with Gasteiger partial charge in [-0.2, -0.15) is 0 Å². The molecule has 1 N–H and O–H groups in total. The van der Waals surface area contributed by atoms with Gasteiger partial charge in [-0.15, -0.1) is 0 Å². The fourth-order valence-electron chi connectivity index (χ4n) is 3.17. The molecular weight excluding hydrogens is 346 g/mol. The van der Waals surface area contributed by atoms with E-state index >= 15 is 0 Å². The molecule has 0 unspecified atom stereocenters. The van der Waals surface area contributed by atoms with Crippen LogP contribution in [0.2, 0.25) is 0 Å². The molecule has 0 spiro atoms. The molecule has 1 saturated heterocycles. The van der Waals surface area contributed by atoms with Crippen molar-refractivity contribution in [3.63, 3.8) is 0 Å². The summed E-state index contributed by atoms with van der Waals surface area (Å²) in [7, 11) is 0. The largest absolute Gasteiger partial charge is 0.348 e. The fraction of sp³-hybridized carbons (Fsp3) is 0.500. The van der Waals surface area contributed by atoms with E-state index in [4.69, 9.17) is 0 Å². The summed E-state index contributed by atoms with van der Waals surface area (Å²) in [5, 5.41) is 2.81. The minimum Gasteiger partial charge on any atom is -0.348 e. The normalized spacial score (nSPS) is 15.7. The van der Waals surface area contributed by atoms with Gasteiger partial charge in [0.2, 0.25) is 5.91 Å². The lowest BCUT2D eigenvalue weighted by Gasteiger charge is -2.20. The minimum absolute atomic E-state index is 0.0345. The Bertz CT molecular complexity index is 801. The van der Waals surface area contributed by atoms with E-state index in [1.54, 1.807) is 0 Å². The van der Waals surface area contributed by atoms with E-state index in [0.717, 1.165) is 21.6 Å². The van der Waals surface area contributed by atoms with E-state index in [-0.39, 0.29) is 18.5 Å². The number of benzene rings is 1. The van der Waals surface area contributed by atoms with Crippen molar-refractivity contribution in [1.82, 2.24) is 15.1 Å². The zero-order valence-corrected chi connectivity index (χ0v) is 16.8. The summed E-state index contributed by atoms with van der Waals surface area (Å²) >= 11 is 0. The average molecular weight is 373 g/mol. The number of hydrogen-bond acceptors (Lipinski definition) is 4.